The van der Waals surface area contributed by atoms with Crippen LogP contribution >= 0.6 is 22.7 Å². The van der Waals surface area contributed by atoms with Gasteiger partial charge in [-0.15, -0.1) is 16.4 Å². The summed E-state index contributed by atoms with van der Waals surface area (Å²) in [5, 5.41) is 28.1. The van der Waals surface area contributed by atoms with Crippen LogP contribution in [-0.2, 0) is 6.54 Å². The Morgan fingerprint density at radius 2 is 1.97 bits per heavy atom. The highest BCUT2D eigenvalue weighted by atomic mass is 32.1. The number of benzene rings is 2. The van der Waals surface area contributed by atoms with Crippen LogP contribution in [0.2, 0.25) is 0 Å². The van der Waals surface area contributed by atoms with E-state index in [0.717, 1.165) is 11.3 Å². The number of aromatic nitrogens is 2. The van der Waals surface area contributed by atoms with Crippen LogP contribution in [0.3, 0.4) is 0 Å². The lowest BCUT2D eigenvalue weighted by atomic mass is 10.1. The number of nitro groups is 1. The minimum Gasteiger partial charge on any atom is -0.493 e. The molecule has 0 spiro atoms. The van der Waals surface area contributed by atoms with Crippen molar-refractivity contribution >= 4 is 45.4 Å². The van der Waals surface area contributed by atoms with Crippen LogP contribution in [-0.4, -0.2) is 25.8 Å². The van der Waals surface area contributed by atoms with E-state index < -0.39 is 4.92 Å². The van der Waals surface area contributed by atoms with Gasteiger partial charge >= 0.3 is 0 Å². The lowest BCUT2D eigenvalue weighted by molar-refractivity contribution is -0.384. The van der Waals surface area contributed by atoms with Gasteiger partial charge in [0.05, 0.1) is 22.5 Å². The molecule has 2 aromatic carbocycles. The highest BCUT2D eigenvalue weighted by Gasteiger charge is 2.11. The van der Waals surface area contributed by atoms with E-state index in [1.54, 1.807) is 22.9 Å². The number of nitrogens with one attached hydrogen (secondary N) is 1. The van der Waals surface area contributed by atoms with E-state index in [0.29, 0.717) is 27.0 Å². The predicted molar refractivity (Wildman–Crippen MR) is 127 cm³/mol. The van der Waals surface area contributed by atoms with Crippen LogP contribution in [0.1, 0.15) is 11.8 Å². The van der Waals surface area contributed by atoms with Crippen LogP contribution < -0.4 is 10.2 Å². The molecule has 0 aliphatic heterocycles. The minimum absolute atomic E-state index is 0.0329. The summed E-state index contributed by atoms with van der Waals surface area (Å²) in [5.74, 6) is 0.100. The summed E-state index contributed by atoms with van der Waals surface area (Å²) in [4.78, 5) is 20.4. The van der Waals surface area contributed by atoms with Gasteiger partial charge in [0.1, 0.15) is 4.88 Å². The molecule has 2 heterocycles. The van der Waals surface area contributed by atoms with Gasteiger partial charge in [-0.05, 0) is 31.2 Å². The van der Waals surface area contributed by atoms with Crippen molar-refractivity contribution in [3.05, 3.63) is 79.8 Å². The fourth-order valence-corrected chi connectivity index (χ4v) is 4.41. The van der Waals surface area contributed by atoms with Crippen molar-refractivity contribution in [1.82, 2.24) is 9.55 Å². The minimum atomic E-state index is -0.436. The summed E-state index contributed by atoms with van der Waals surface area (Å²) in [7, 11) is 0. The molecule has 0 saturated heterocycles. The highest BCUT2D eigenvalue weighted by molar-refractivity contribution is 7.14. The number of nitrogens with zero attached hydrogens (tertiary/aromatic N) is 5. The van der Waals surface area contributed by atoms with Crippen LogP contribution in [0.4, 0.5) is 16.5 Å². The van der Waals surface area contributed by atoms with E-state index in [2.05, 4.69) is 20.5 Å². The van der Waals surface area contributed by atoms with Crippen molar-refractivity contribution < 1.29 is 10.0 Å². The molecule has 4 aromatic rings. The van der Waals surface area contributed by atoms with E-state index in [1.165, 1.54) is 34.8 Å². The Kier molecular flexibility index (Phi) is 6.38. The second-order valence-electron chi connectivity index (χ2n) is 6.48. The average Bonchev–Trinajstić information content (AvgIpc) is 3.41. The van der Waals surface area contributed by atoms with E-state index in [9.17, 15) is 15.2 Å². The number of hydrogen-bond acceptors (Lipinski definition) is 9. The molecule has 32 heavy (non-hydrogen) atoms. The number of nitro benzene ring substituents is 1. The monoisotopic (exact) mass is 466 g/mol. The first-order valence-electron chi connectivity index (χ1n) is 9.57. The summed E-state index contributed by atoms with van der Waals surface area (Å²) in [6.07, 6.45) is 1.62. The summed E-state index contributed by atoms with van der Waals surface area (Å²) in [6.45, 7) is 2.45. The van der Waals surface area contributed by atoms with Crippen molar-refractivity contribution in [2.75, 3.05) is 5.43 Å². The number of aromatic hydroxyl groups is 1. The van der Waals surface area contributed by atoms with Crippen molar-refractivity contribution in [2.45, 2.75) is 13.5 Å². The summed E-state index contributed by atoms with van der Waals surface area (Å²) < 4.78 is 1.68. The molecule has 9 nitrogen and oxygen atoms in total. The van der Waals surface area contributed by atoms with E-state index in [1.807, 2.05) is 42.6 Å². The molecule has 2 aromatic heterocycles. The summed E-state index contributed by atoms with van der Waals surface area (Å²) in [6, 6.07) is 15.7. The number of para-hydroxylation sites is 1. The number of thiazole rings is 2. The molecule has 0 amide bonds. The highest BCUT2D eigenvalue weighted by Crippen LogP contribution is 2.26. The summed E-state index contributed by atoms with van der Waals surface area (Å²) >= 11 is 2.67. The largest absolute Gasteiger partial charge is 0.493 e. The molecule has 0 aliphatic rings. The molecule has 0 bridgehead atoms. The van der Waals surface area contributed by atoms with Gasteiger partial charge in [0.2, 0.25) is 15.8 Å². The standard InChI is InChI=1S/C21H18N6O3S2/c1-2-26-19(28)18(12-22-15-6-4-3-5-7-15)32-21(26)25-24-20-23-17(13-31-20)14-8-10-16(11-9-14)27(29)30/h3-13,28H,2H2,1H3,(H,23,24)/b22-12?,25-21-. The van der Waals surface area contributed by atoms with E-state index in [-0.39, 0.29) is 11.6 Å². The molecule has 0 saturated carbocycles. The Labute approximate surface area is 190 Å². The van der Waals surface area contributed by atoms with Gasteiger partial charge < -0.3 is 5.11 Å². The normalized spacial score (nSPS) is 11.8. The Bertz CT molecular complexity index is 1320. The predicted octanol–water partition coefficient (Wildman–Crippen LogP) is 4.99. The lowest BCUT2D eigenvalue weighted by Gasteiger charge is -1.99. The first-order chi connectivity index (χ1) is 15.5. The maximum atomic E-state index is 10.8. The summed E-state index contributed by atoms with van der Waals surface area (Å²) in [5.41, 5.74) is 5.22. The zero-order chi connectivity index (χ0) is 22.5. The van der Waals surface area contributed by atoms with Crippen molar-refractivity contribution in [2.24, 2.45) is 10.1 Å². The van der Waals surface area contributed by atoms with Gasteiger partial charge in [-0.25, -0.2) is 10.4 Å². The van der Waals surface area contributed by atoms with Crippen molar-refractivity contribution in [3.8, 4) is 17.1 Å². The van der Waals surface area contributed by atoms with Crippen LogP contribution in [0.5, 0.6) is 5.88 Å². The maximum Gasteiger partial charge on any atom is 0.269 e. The van der Waals surface area contributed by atoms with Crippen LogP contribution in [0.25, 0.3) is 11.3 Å². The molecule has 0 fully saturated rings. The van der Waals surface area contributed by atoms with Gasteiger partial charge in [-0.3, -0.25) is 19.7 Å². The zero-order valence-corrected chi connectivity index (χ0v) is 18.5. The Hall–Kier alpha value is -3.83. The van der Waals surface area contributed by atoms with Crippen molar-refractivity contribution in [3.63, 3.8) is 0 Å². The molecular weight excluding hydrogens is 448 g/mol. The smallest absolute Gasteiger partial charge is 0.269 e. The van der Waals surface area contributed by atoms with Gasteiger partial charge in [-0.1, -0.05) is 29.5 Å². The third kappa shape index (κ3) is 4.74. The SMILES string of the molecule is CCn1c(O)c(C=Nc2ccccc2)s/c1=N\Nc1nc(-c2ccc([N+](=O)[O-])cc2)cs1. The Balaban J connectivity index is 1.54. The van der Waals surface area contributed by atoms with Crippen LogP contribution in [0.15, 0.2) is 70.1 Å². The molecule has 0 unspecified atom stereocenters. The Morgan fingerprint density at radius 1 is 1.22 bits per heavy atom. The fraction of sp³-hybridized carbons (Fsp3) is 0.0952. The second kappa shape index (κ2) is 9.54. The second-order valence-corrected chi connectivity index (χ2v) is 8.34. The topological polar surface area (TPSA) is 118 Å². The first-order valence-corrected chi connectivity index (χ1v) is 11.3. The number of anilines is 1. The first kappa shape index (κ1) is 21.4. The third-order valence-corrected chi connectivity index (χ3v) is 6.19. The van der Waals surface area contributed by atoms with E-state index >= 15 is 0 Å². The molecular formula is C21H18N6O3S2. The third-order valence-electron chi connectivity index (χ3n) is 4.44. The van der Waals surface area contributed by atoms with Crippen LogP contribution in [0, 0.1) is 10.1 Å². The number of aliphatic imine (C=N–C) groups is 1. The van der Waals surface area contributed by atoms with Gasteiger partial charge in [-0.2, -0.15) is 0 Å². The fourth-order valence-electron chi connectivity index (χ4n) is 2.83. The molecule has 4 rings (SSSR count). The van der Waals surface area contributed by atoms with Gasteiger partial charge in [0, 0.05) is 29.6 Å². The number of hydrogen-bond donors (Lipinski definition) is 2. The lowest BCUT2D eigenvalue weighted by Crippen LogP contribution is -2.14. The average molecular weight is 467 g/mol. The molecule has 0 aliphatic carbocycles. The van der Waals surface area contributed by atoms with Gasteiger partial charge in [0.25, 0.3) is 5.69 Å². The van der Waals surface area contributed by atoms with E-state index in [4.69, 9.17) is 0 Å². The maximum absolute atomic E-state index is 10.8. The van der Waals surface area contributed by atoms with Gasteiger partial charge in [0.15, 0.2) is 0 Å². The molecule has 162 valence electrons. The molecule has 2 N–H and O–H groups in total. The zero-order valence-electron chi connectivity index (χ0n) is 16.9. The number of non-ortho nitro benzene ring substituents is 1. The molecule has 0 atom stereocenters. The Morgan fingerprint density at radius 3 is 2.66 bits per heavy atom. The van der Waals surface area contributed by atoms with Crippen molar-refractivity contribution in [1.29, 1.82) is 0 Å². The molecule has 0 radical (unpaired) electrons. The molecule has 11 heteroatoms. The number of rotatable bonds is 7. The quantitative estimate of drug-likeness (QED) is 0.226.